The second-order valence-corrected chi connectivity index (χ2v) is 8.08. The van der Waals surface area contributed by atoms with Crippen LogP contribution in [-0.4, -0.2) is 60.0 Å². The van der Waals surface area contributed by atoms with Gasteiger partial charge in [-0.3, -0.25) is 4.74 Å². The Labute approximate surface area is 164 Å². The first-order valence-corrected chi connectivity index (χ1v) is 9.38. The third-order valence-corrected chi connectivity index (χ3v) is 4.88. The fourth-order valence-electron chi connectivity index (χ4n) is 3.70. The smallest absolute Gasteiger partial charge is 0.385 e. The van der Waals surface area contributed by atoms with E-state index in [1.165, 1.54) is 0 Å². The average Bonchev–Trinajstić information content (AvgIpc) is 3.13. The first kappa shape index (κ1) is 19.7. The van der Waals surface area contributed by atoms with Crippen molar-refractivity contribution in [3.63, 3.8) is 0 Å². The van der Waals surface area contributed by atoms with Crippen molar-refractivity contribution >= 4 is 12.4 Å². The molecular formula is C21H26O7. The predicted molar refractivity (Wildman–Crippen MR) is 99.7 cm³/mol. The van der Waals surface area contributed by atoms with Gasteiger partial charge in [-0.2, -0.15) is 6.08 Å². The van der Waals surface area contributed by atoms with Crippen molar-refractivity contribution in [3.05, 3.63) is 42.0 Å². The summed E-state index contributed by atoms with van der Waals surface area (Å²) in [6.45, 7) is 7.13. The molecule has 7 heteroatoms. The monoisotopic (exact) mass is 390 g/mol. The van der Waals surface area contributed by atoms with Gasteiger partial charge in [0.25, 0.3) is 0 Å². The Morgan fingerprint density at radius 2 is 1.75 bits per heavy atom. The van der Waals surface area contributed by atoms with Crippen LogP contribution in [-0.2, 0) is 28.1 Å². The summed E-state index contributed by atoms with van der Waals surface area (Å²) >= 11 is 0. The lowest BCUT2D eigenvalue weighted by Crippen LogP contribution is -2.65. The van der Waals surface area contributed by atoms with Gasteiger partial charge in [-0.05, 0) is 27.7 Å². The molecule has 7 nitrogen and oxygen atoms in total. The van der Waals surface area contributed by atoms with Crippen LogP contribution in [0.2, 0.25) is 0 Å². The Morgan fingerprint density at radius 3 is 2.43 bits per heavy atom. The van der Waals surface area contributed by atoms with E-state index < -0.39 is 42.0 Å². The minimum atomic E-state index is -1.40. The molecule has 5 atom stereocenters. The van der Waals surface area contributed by atoms with Gasteiger partial charge in [-0.25, -0.2) is 0 Å². The van der Waals surface area contributed by atoms with Crippen molar-refractivity contribution in [2.75, 3.05) is 6.61 Å². The van der Waals surface area contributed by atoms with Crippen LogP contribution < -0.4 is 0 Å². The van der Waals surface area contributed by atoms with Gasteiger partial charge in [-0.15, -0.1) is 11.6 Å². The zero-order chi connectivity index (χ0) is 20.0. The highest BCUT2D eigenvalue weighted by molar-refractivity contribution is 5.74. The number of benzene rings is 1. The highest BCUT2D eigenvalue weighted by Crippen LogP contribution is 2.45. The molecule has 28 heavy (non-hydrogen) atoms. The third-order valence-electron chi connectivity index (χ3n) is 4.88. The molecule has 3 aliphatic rings. The molecule has 1 unspecified atom stereocenters. The summed E-state index contributed by atoms with van der Waals surface area (Å²) in [5.74, 6) is -3.18. The molecule has 0 amide bonds. The van der Waals surface area contributed by atoms with E-state index >= 15 is 0 Å². The van der Waals surface area contributed by atoms with Crippen molar-refractivity contribution in [2.45, 2.75) is 69.7 Å². The predicted octanol–water partition coefficient (Wildman–Crippen LogP) is 2.06. The van der Waals surface area contributed by atoms with Crippen molar-refractivity contribution in [1.82, 2.24) is 0 Å². The molecule has 1 spiro atoms. The summed E-state index contributed by atoms with van der Waals surface area (Å²) in [7, 11) is 0. The number of allylic oxidation sites excluding steroid dienone is 1. The maximum atomic E-state index is 10.9. The van der Waals surface area contributed by atoms with Crippen LogP contribution >= 0.6 is 0 Å². The van der Waals surface area contributed by atoms with Crippen LogP contribution in [0, 0.1) is 0 Å². The maximum Gasteiger partial charge on any atom is 0.389 e. The number of carbonyl (C=O) groups excluding carboxylic acids is 1. The van der Waals surface area contributed by atoms with Gasteiger partial charge in [0.1, 0.15) is 18.8 Å². The molecule has 1 aromatic rings. The molecule has 0 aliphatic carbocycles. The van der Waals surface area contributed by atoms with Crippen LogP contribution in [0.4, 0.5) is 0 Å². The Bertz CT molecular complexity index is 757. The lowest BCUT2D eigenvalue weighted by molar-refractivity contribution is -0.398. The first-order valence-electron chi connectivity index (χ1n) is 9.38. The van der Waals surface area contributed by atoms with Crippen LogP contribution in [0.15, 0.2) is 36.4 Å². The lowest BCUT2D eigenvalue weighted by atomic mass is 9.96. The van der Waals surface area contributed by atoms with Crippen molar-refractivity contribution in [3.8, 4) is 0 Å². The Kier molecular flexibility index (Phi) is 4.94. The highest BCUT2D eigenvalue weighted by atomic mass is 16.9. The minimum absolute atomic E-state index is 0.0495. The molecule has 1 N–H and O–H groups in total. The number of fused-ring (bicyclic) bond motifs is 1. The normalized spacial score (nSPS) is 39.2. The van der Waals surface area contributed by atoms with Crippen LogP contribution in [0.5, 0.6) is 0 Å². The average molecular weight is 390 g/mol. The standard InChI is InChI=1S/C21H26O7/c1-19(2)24-13-21(28-19)17(22)15-16(26-20(3,4)25-15)18(27-21)23-12-8-11-14-9-6-5-7-10-14/h5-11,15-18,22H,13H2,1-4H3/b11-8+/t15-,16+,17+,18?,21+/m1/s1. The summed E-state index contributed by atoms with van der Waals surface area (Å²) < 4.78 is 35.1. The molecule has 3 aliphatic heterocycles. The van der Waals surface area contributed by atoms with Crippen molar-refractivity contribution in [2.24, 2.45) is 0 Å². The molecular weight excluding hydrogens is 364 g/mol. The minimum Gasteiger partial charge on any atom is -0.385 e. The number of aliphatic hydroxyl groups excluding tert-OH is 1. The quantitative estimate of drug-likeness (QED) is 0.484. The summed E-state index contributed by atoms with van der Waals surface area (Å²) in [6, 6.07) is 9.79. The largest absolute Gasteiger partial charge is 0.389 e. The fourth-order valence-corrected chi connectivity index (χ4v) is 3.70. The number of ether oxygens (including phenoxy) is 5. The number of hydrogen-bond acceptors (Lipinski definition) is 6. The molecule has 0 aromatic heterocycles. The van der Waals surface area contributed by atoms with Gasteiger partial charge in [-0.1, -0.05) is 30.3 Å². The van der Waals surface area contributed by atoms with Gasteiger partial charge in [0.2, 0.25) is 18.2 Å². The Morgan fingerprint density at radius 1 is 1.04 bits per heavy atom. The van der Waals surface area contributed by atoms with Crippen LogP contribution in [0.1, 0.15) is 33.3 Å². The van der Waals surface area contributed by atoms with E-state index in [2.05, 4.69) is 6.29 Å². The summed E-state index contributed by atoms with van der Waals surface area (Å²) in [5, 5.41) is 10.9. The topological polar surface area (TPSA) is 77.7 Å². The fraction of sp³-hybridized carbons (Fsp3) is 0.571. The second-order valence-electron chi connectivity index (χ2n) is 8.08. The van der Waals surface area contributed by atoms with Gasteiger partial charge in [0.05, 0.1) is 0 Å². The van der Waals surface area contributed by atoms with E-state index in [9.17, 15) is 5.11 Å². The second kappa shape index (κ2) is 7.02. The van der Waals surface area contributed by atoms with Gasteiger partial charge in [0, 0.05) is 0 Å². The van der Waals surface area contributed by atoms with E-state index in [0.29, 0.717) is 0 Å². The number of rotatable bonds is 3. The van der Waals surface area contributed by atoms with Crippen LogP contribution in [0.25, 0.3) is 6.08 Å². The third kappa shape index (κ3) is 3.78. The zero-order valence-corrected chi connectivity index (χ0v) is 16.5. The van der Waals surface area contributed by atoms with E-state index in [1.54, 1.807) is 33.8 Å². The van der Waals surface area contributed by atoms with Gasteiger partial charge < -0.3 is 28.5 Å². The number of hydrogen-bond donors (Lipinski definition) is 1. The molecule has 3 heterocycles. The van der Waals surface area contributed by atoms with E-state index in [1.807, 2.05) is 36.4 Å². The lowest BCUT2D eigenvalue weighted by Gasteiger charge is -2.40. The van der Waals surface area contributed by atoms with Gasteiger partial charge in [0.15, 0.2) is 11.6 Å². The molecule has 0 bridgehead atoms. The van der Waals surface area contributed by atoms with Crippen molar-refractivity contribution < 1.29 is 33.2 Å². The Balaban J connectivity index is 1.56. The molecule has 1 aromatic carbocycles. The maximum absolute atomic E-state index is 10.9. The SMILES string of the molecule is CC1(C)O[C@@H]2[C@H](O1)C([O+]=[C-]/C=C/c1ccccc1)O[C@]1(COC(C)(C)O1)[C@H]2O. The highest BCUT2D eigenvalue weighted by Gasteiger charge is 2.68. The molecule has 152 valence electrons. The van der Waals surface area contributed by atoms with E-state index in [0.717, 1.165) is 5.56 Å². The van der Waals surface area contributed by atoms with Gasteiger partial charge >= 0.3 is 6.29 Å². The van der Waals surface area contributed by atoms with E-state index in [4.69, 9.17) is 28.1 Å². The van der Waals surface area contributed by atoms with Crippen molar-refractivity contribution in [1.29, 1.82) is 0 Å². The summed E-state index contributed by atoms with van der Waals surface area (Å²) in [6.07, 6.45) is 2.98. The summed E-state index contributed by atoms with van der Waals surface area (Å²) in [4.78, 5) is 0. The molecule has 0 saturated carbocycles. The zero-order valence-electron chi connectivity index (χ0n) is 16.5. The molecule has 0 radical (unpaired) electrons. The first-order chi connectivity index (χ1) is 13.2. The Hall–Kier alpha value is -1.61. The van der Waals surface area contributed by atoms with Crippen LogP contribution in [0.3, 0.4) is 0 Å². The molecule has 3 fully saturated rings. The number of aliphatic hydroxyl groups is 1. The molecule has 3 saturated heterocycles. The summed E-state index contributed by atoms with van der Waals surface area (Å²) in [5.41, 5.74) is 1.02. The molecule has 4 rings (SSSR count). The van der Waals surface area contributed by atoms with E-state index in [-0.39, 0.29) is 6.61 Å².